The van der Waals surface area contributed by atoms with Crippen molar-refractivity contribution in [1.82, 2.24) is 9.97 Å². The molecule has 3 rings (SSSR count). The second-order valence-corrected chi connectivity index (χ2v) is 5.46. The van der Waals surface area contributed by atoms with E-state index in [9.17, 15) is 9.59 Å². The Hall–Kier alpha value is -3.48. The third-order valence-electron chi connectivity index (χ3n) is 3.98. The van der Waals surface area contributed by atoms with Crippen LogP contribution in [0.3, 0.4) is 0 Å². The molecule has 0 aliphatic rings. The number of methoxy groups -OCH3 is 3. The topological polar surface area (TPSA) is 93.4 Å². The summed E-state index contributed by atoms with van der Waals surface area (Å²) in [6, 6.07) is 8.27. The number of H-pyrrole nitrogens is 2. The summed E-state index contributed by atoms with van der Waals surface area (Å²) in [5.41, 5.74) is 1.30. The van der Waals surface area contributed by atoms with Crippen LogP contribution >= 0.6 is 0 Å². The van der Waals surface area contributed by atoms with Crippen molar-refractivity contribution in [2.24, 2.45) is 0 Å². The molecular weight excluding hydrogens is 336 g/mol. The number of nitrogens with one attached hydrogen (secondary N) is 2. The van der Waals surface area contributed by atoms with Gasteiger partial charge in [-0.2, -0.15) is 0 Å². The molecule has 7 heteroatoms. The minimum atomic E-state index is -0.473. The Bertz CT molecular complexity index is 964. The summed E-state index contributed by atoms with van der Waals surface area (Å²) >= 11 is 0. The first-order valence-electron chi connectivity index (χ1n) is 7.80. The molecule has 0 saturated heterocycles. The average Bonchev–Trinajstić information content (AvgIpc) is 3.21. The van der Waals surface area contributed by atoms with Gasteiger partial charge in [-0.1, -0.05) is 0 Å². The molecule has 2 N–H and O–H groups in total. The lowest BCUT2D eigenvalue weighted by Crippen LogP contribution is -2.18. The molecule has 2 heterocycles. The van der Waals surface area contributed by atoms with Crippen molar-refractivity contribution >= 4 is 5.78 Å². The molecule has 0 saturated carbocycles. The fourth-order valence-corrected chi connectivity index (χ4v) is 2.69. The minimum absolute atomic E-state index is 0.0198. The number of carbonyl (C=O) groups excluding carboxylic acids is 1. The molecule has 26 heavy (non-hydrogen) atoms. The first-order valence-corrected chi connectivity index (χ1v) is 7.80. The summed E-state index contributed by atoms with van der Waals surface area (Å²) in [7, 11) is 4.40. The van der Waals surface area contributed by atoms with Crippen LogP contribution in [0, 0.1) is 0 Å². The van der Waals surface area contributed by atoms with Gasteiger partial charge >= 0.3 is 0 Å². The zero-order valence-corrected chi connectivity index (χ0v) is 14.6. The number of ether oxygens (including phenoxy) is 3. The van der Waals surface area contributed by atoms with Crippen LogP contribution in [-0.4, -0.2) is 37.1 Å². The maximum absolute atomic E-state index is 12.9. The summed E-state index contributed by atoms with van der Waals surface area (Å²) in [4.78, 5) is 30.8. The van der Waals surface area contributed by atoms with Gasteiger partial charge in [-0.3, -0.25) is 9.59 Å². The van der Waals surface area contributed by atoms with E-state index in [-0.39, 0.29) is 11.1 Å². The van der Waals surface area contributed by atoms with Crippen LogP contribution in [0.1, 0.15) is 15.9 Å². The Morgan fingerprint density at radius 3 is 2.19 bits per heavy atom. The van der Waals surface area contributed by atoms with Crippen molar-refractivity contribution in [2.45, 2.75) is 0 Å². The van der Waals surface area contributed by atoms with E-state index < -0.39 is 11.3 Å². The van der Waals surface area contributed by atoms with Gasteiger partial charge < -0.3 is 24.2 Å². The van der Waals surface area contributed by atoms with Crippen LogP contribution in [-0.2, 0) is 0 Å². The van der Waals surface area contributed by atoms with Crippen LogP contribution in [0.25, 0.3) is 11.3 Å². The fourth-order valence-electron chi connectivity index (χ4n) is 2.69. The molecule has 134 valence electrons. The quantitative estimate of drug-likeness (QED) is 0.664. The Morgan fingerprint density at radius 2 is 1.65 bits per heavy atom. The predicted octanol–water partition coefficient (Wildman–Crippen LogP) is 2.63. The molecular formula is C19H18N2O5. The van der Waals surface area contributed by atoms with Crippen molar-refractivity contribution < 1.29 is 19.0 Å². The van der Waals surface area contributed by atoms with Crippen LogP contribution in [0.4, 0.5) is 0 Å². The Labute approximate surface area is 149 Å². The molecule has 0 unspecified atom stereocenters. The van der Waals surface area contributed by atoms with Gasteiger partial charge in [-0.25, -0.2) is 0 Å². The average molecular weight is 354 g/mol. The Kier molecular flexibility index (Phi) is 4.79. The smallest absolute Gasteiger partial charge is 0.259 e. The zero-order valence-electron chi connectivity index (χ0n) is 14.6. The lowest BCUT2D eigenvalue weighted by Gasteiger charge is -2.13. The zero-order chi connectivity index (χ0) is 18.7. The van der Waals surface area contributed by atoms with Crippen LogP contribution in [0.15, 0.2) is 47.5 Å². The number of pyridine rings is 1. The monoisotopic (exact) mass is 354 g/mol. The molecule has 0 amide bonds. The van der Waals surface area contributed by atoms with Gasteiger partial charge in [0.25, 0.3) is 5.56 Å². The van der Waals surface area contributed by atoms with E-state index in [1.165, 1.54) is 33.5 Å². The van der Waals surface area contributed by atoms with E-state index >= 15 is 0 Å². The van der Waals surface area contributed by atoms with Gasteiger partial charge in [0.1, 0.15) is 0 Å². The SMILES string of the molecule is COc1cc(C(=O)c2cc(-c3ccc[nH]3)c[nH]c2=O)cc(OC)c1OC. The number of carbonyl (C=O) groups is 1. The number of rotatable bonds is 6. The number of ketones is 1. The fraction of sp³-hybridized carbons (Fsp3) is 0.158. The van der Waals surface area contributed by atoms with Crippen molar-refractivity contribution in [1.29, 1.82) is 0 Å². The van der Waals surface area contributed by atoms with Crippen molar-refractivity contribution in [3.63, 3.8) is 0 Å². The second kappa shape index (κ2) is 7.18. The van der Waals surface area contributed by atoms with E-state index in [0.29, 0.717) is 22.8 Å². The first kappa shape index (κ1) is 17.3. The van der Waals surface area contributed by atoms with Crippen LogP contribution in [0.2, 0.25) is 0 Å². The molecule has 2 aromatic heterocycles. The summed E-state index contributed by atoms with van der Waals surface area (Å²) in [6.45, 7) is 0. The maximum atomic E-state index is 12.9. The number of hydrogen-bond donors (Lipinski definition) is 2. The lowest BCUT2D eigenvalue weighted by atomic mass is 10.0. The van der Waals surface area contributed by atoms with E-state index in [0.717, 1.165) is 5.69 Å². The first-order chi connectivity index (χ1) is 12.6. The van der Waals surface area contributed by atoms with Crippen molar-refractivity contribution in [3.05, 3.63) is 64.2 Å². The second-order valence-electron chi connectivity index (χ2n) is 5.46. The highest BCUT2D eigenvalue weighted by Gasteiger charge is 2.20. The van der Waals surface area contributed by atoms with Gasteiger partial charge in [-0.15, -0.1) is 0 Å². The van der Waals surface area contributed by atoms with Gasteiger partial charge in [0, 0.05) is 29.2 Å². The summed E-state index contributed by atoms with van der Waals surface area (Å²) in [5, 5.41) is 0. The Morgan fingerprint density at radius 1 is 0.962 bits per heavy atom. The van der Waals surface area contributed by atoms with Gasteiger partial charge in [0.05, 0.1) is 26.9 Å². The highest BCUT2D eigenvalue weighted by atomic mass is 16.5. The summed E-state index contributed by atoms with van der Waals surface area (Å²) in [6.07, 6.45) is 3.32. The third-order valence-corrected chi connectivity index (χ3v) is 3.98. The number of hydrogen-bond acceptors (Lipinski definition) is 5. The minimum Gasteiger partial charge on any atom is -0.493 e. The van der Waals surface area contributed by atoms with Crippen molar-refractivity contribution in [2.75, 3.05) is 21.3 Å². The number of aromatic nitrogens is 2. The maximum Gasteiger partial charge on any atom is 0.259 e. The highest BCUT2D eigenvalue weighted by molar-refractivity contribution is 6.09. The number of benzene rings is 1. The Balaban J connectivity index is 2.10. The molecule has 0 atom stereocenters. The molecule has 0 aliphatic carbocycles. The molecule has 1 aromatic carbocycles. The van der Waals surface area contributed by atoms with E-state index in [2.05, 4.69) is 9.97 Å². The number of aromatic amines is 2. The van der Waals surface area contributed by atoms with Crippen molar-refractivity contribution in [3.8, 4) is 28.5 Å². The summed E-state index contributed by atoms with van der Waals surface area (Å²) in [5.74, 6) is 0.610. The van der Waals surface area contributed by atoms with E-state index in [1.54, 1.807) is 18.5 Å². The van der Waals surface area contributed by atoms with Crippen LogP contribution in [0.5, 0.6) is 17.2 Å². The standard InChI is InChI=1S/C19H18N2O5/c1-24-15-8-11(9-16(25-2)18(15)26-3)17(22)13-7-12(10-21-19(13)23)14-5-4-6-20-14/h4-10,20H,1-3H3,(H,21,23). The van der Waals surface area contributed by atoms with Crippen LogP contribution < -0.4 is 19.8 Å². The molecule has 0 fully saturated rings. The largest absolute Gasteiger partial charge is 0.493 e. The highest BCUT2D eigenvalue weighted by Crippen LogP contribution is 2.38. The van der Waals surface area contributed by atoms with E-state index in [4.69, 9.17) is 14.2 Å². The third kappa shape index (κ3) is 3.06. The molecule has 0 aliphatic heterocycles. The molecule has 7 nitrogen and oxygen atoms in total. The van der Waals surface area contributed by atoms with Gasteiger partial charge in [0.15, 0.2) is 17.3 Å². The molecule has 0 radical (unpaired) electrons. The predicted molar refractivity (Wildman–Crippen MR) is 96.4 cm³/mol. The van der Waals surface area contributed by atoms with Gasteiger partial charge in [-0.05, 0) is 30.3 Å². The normalized spacial score (nSPS) is 10.4. The lowest BCUT2D eigenvalue weighted by molar-refractivity contribution is 0.103. The molecule has 3 aromatic rings. The molecule has 0 spiro atoms. The molecule has 0 bridgehead atoms. The van der Waals surface area contributed by atoms with E-state index in [1.807, 2.05) is 12.1 Å². The van der Waals surface area contributed by atoms with Gasteiger partial charge in [0.2, 0.25) is 5.75 Å². The summed E-state index contributed by atoms with van der Waals surface area (Å²) < 4.78 is 15.8.